The lowest BCUT2D eigenvalue weighted by atomic mass is 9.90. The number of rotatable bonds is 5. The van der Waals surface area contributed by atoms with E-state index in [1.165, 1.54) is 31.4 Å². The average molecular weight is 276 g/mol. The third-order valence-electron chi connectivity index (χ3n) is 5.31. The van der Waals surface area contributed by atoms with Crippen LogP contribution in [0.4, 0.5) is 0 Å². The van der Waals surface area contributed by atoms with Gasteiger partial charge in [-0.25, -0.2) is 0 Å². The summed E-state index contributed by atoms with van der Waals surface area (Å²) in [5.74, 6) is 0.942. The quantitative estimate of drug-likeness (QED) is 0.890. The van der Waals surface area contributed by atoms with E-state index in [1.807, 2.05) is 17.9 Å². The Morgan fingerprint density at radius 2 is 2.25 bits per heavy atom. The predicted molar refractivity (Wildman–Crippen MR) is 81.7 cm³/mol. The predicted octanol–water partition coefficient (Wildman–Crippen LogP) is 1.82. The van der Waals surface area contributed by atoms with Gasteiger partial charge in [0.05, 0.1) is 6.20 Å². The second-order valence-corrected chi connectivity index (χ2v) is 6.89. The summed E-state index contributed by atoms with van der Waals surface area (Å²) in [4.78, 5) is 2.72. The van der Waals surface area contributed by atoms with E-state index in [-0.39, 0.29) is 0 Å². The molecule has 112 valence electrons. The highest BCUT2D eigenvalue weighted by atomic mass is 15.3. The van der Waals surface area contributed by atoms with Crippen molar-refractivity contribution in [3.63, 3.8) is 0 Å². The number of nitrogens with zero attached hydrogens (tertiary/aromatic N) is 3. The summed E-state index contributed by atoms with van der Waals surface area (Å²) in [6.45, 7) is 8.23. The van der Waals surface area contributed by atoms with Crippen LogP contribution in [0.3, 0.4) is 0 Å². The molecule has 0 aromatic carbocycles. The Morgan fingerprint density at radius 1 is 1.45 bits per heavy atom. The molecule has 4 nitrogen and oxygen atoms in total. The van der Waals surface area contributed by atoms with E-state index in [4.69, 9.17) is 0 Å². The largest absolute Gasteiger partial charge is 0.311 e. The Morgan fingerprint density at radius 3 is 2.85 bits per heavy atom. The number of hydrogen-bond donors (Lipinski definition) is 1. The molecule has 0 bridgehead atoms. The van der Waals surface area contributed by atoms with Crippen molar-refractivity contribution in [2.45, 2.75) is 51.1 Å². The van der Waals surface area contributed by atoms with Gasteiger partial charge in [-0.2, -0.15) is 5.10 Å². The normalized spacial score (nSPS) is 31.6. The summed E-state index contributed by atoms with van der Waals surface area (Å²) >= 11 is 0. The first-order valence-corrected chi connectivity index (χ1v) is 8.07. The van der Waals surface area contributed by atoms with E-state index in [0.717, 1.165) is 31.5 Å². The van der Waals surface area contributed by atoms with Crippen LogP contribution in [0.5, 0.6) is 0 Å². The van der Waals surface area contributed by atoms with E-state index < -0.39 is 0 Å². The van der Waals surface area contributed by atoms with Crippen LogP contribution >= 0.6 is 0 Å². The van der Waals surface area contributed by atoms with Crippen molar-refractivity contribution in [1.29, 1.82) is 0 Å². The van der Waals surface area contributed by atoms with Gasteiger partial charge >= 0.3 is 0 Å². The van der Waals surface area contributed by atoms with Crippen LogP contribution in [0.25, 0.3) is 0 Å². The topological polar surface area (TPSA) is 33.1 Å². The molecule has 1 saturated carbocycles. The highest BCUT2D eigenvalue weighted by Gasteiger charge is 2.41. The van der Waals surface area contributed by atoms with Crippen LogP contribution in [-0.4, -0.2) is 45.9 Å². The van der Waals surface area contributed by atoms with Gasteiger partial charge in [-0.3, -0.25) is 9.58 Å². The van der Waals surface area contributed by atoms with E-state index in [0.29, 0.717) is 5.54 Å². The van der Waals surface area contributed by atoms with Crippen molar-refractivity contribution < 1.29 is 0 Å². The number of aryl methyl sites for hydroxylation is 1. The van der Waals surface area contributed by atoms with Gasteiger partial charge in [-0.05, 0) is 44.1 Å². The molecule has 1 aliphatic heterocycles. The Hall–Kier alpha value is -0.870. The zero-order valence-corrected chi connectivity index (χ0v) is 13.1. The number of nitrogens with one attached hydrogen (secondary N) is 1. The molecule has 0 amide bonds. The van der Waals surface area contributed by atoms with Crippen molar-refractivity contribution in [3.05, 3.63) is 18.0 Å². The van der Waals surface area contributed by atoms with Crippen LogP contribution in [0.1, 0.15) is 38.7 Å². The minimum Gasteiger partial charge on any atom is -0.311 e. The first kappa shape index (κ1) is 14.1. The second-order valence-electron chi connectivity index (χ2n) is 6.89. The molecule has 1 aromatic heterocycles. The molecule has 2 heterocycles. The molecule has 3 rings (SSSR count). The van der Waals surface area contributed by atoms with Crippen LogP contribution in [0.2, 0.25) is 0 Å². The monoisotopic (exact) mass is 276 g/mol. The van der Waals surface area contributed by atoms with Gasteiger partial charge < -0.3 is 5.32 Å². The molecule has 2 atom stereocenters. The molecule has 20 heavy (non-hydrogen) atoms. The summed E-state index contributed by atoms with van der Waals surface area (Å²) in [6.07, 6.45) is 9.33. The lowest BCUT2D eigenvalue weighted by molar-refractivity contribution is 0.0452. The van der Waals surface area contributed by atoms with Gasteiger partial charge in [0.1, 0.15) is 0 Å². The van der Waals surface area contributed by atoms with Crippen molar-refractivity contribution in [3.8, 4) is 0 Å². The number of aromatic nitrogens is 2. The zero-order valence-electron chi connectivity index (χ0n) is 13.1. The van der Waals surface area contributed by atoms with E-state index in [1.54, 1.807) is 0 Å². The summed E-state index contributed by atoms with van der Waals surface area (Å²) in [5, 5.41) is 8.07. The van der Waals surface area contributed by atoms with Crippen molar-refractivity contribution in [2.24, 2.45) is 13.0 Å². The summed E-state index contributed by atoms with van der Waals surface area (Å²) in [7, 11) is 1.99. The van der Waals surface area contributed by atoms with E-state index in [2.05, 4.69) is 35.4 Å². The Bertz CT molecular complexity index is 451. The molecular formula is C16H28N4. The summed E-state index contributed by atoms with van der Waals surface area (Å²) in [5.41, 5.74) is 1.67. The maximum atomic E-state index is 4.28. The van der Waals surface area contributed by atoms with E-state index in [9.17, 15) is 0 Å². The smallest absolute Gasteiger partial charge is 0.0522 e. The molecular weight excluding hydrogens is 248 g/mol. The highest BCUT2D eigenvalue weighted by molar-refractivity contribution is 5.06. The third-order valence-corrected chi connectivity index (χ3v) is 5.31. The first-order valence-electron chi connectivity index (χ1n) is 8.07. The minimum absolute atomic E-state index is 0.313. The molecule has 1 aromatic rings. The average Bonchev–Trinajstić information content (AvgIpc) is 3.21. The molecule has 0 spiro atoms. The zero-order chi connectivity index (χ0) is 14.2. The molecule has 1 N–H and O–H groups in total. The molecule has 2 fully saturated rings. The van der Waals surface area contributed by atoms with Gasteiger partial charge in [0, 0.05) is 44.5 Å². The lowest BCUT2D eigenvalue weighted by Gasteiger charge is -2.48. The van der Waals surface area contributed by atoms with Gasteiger partial charge in [-0.15, -0.1) is 0 Å². The summed E-state index contributed by atoms with van der Waals surface area (Å²) in [6, 6.07) is 0.725. The van der Waals surface area contributed by atoms with E-state index >= 15 is 0 Å². The molecule has 2 aliphatic rings. The van der Waals surface area contributed by atoms with Crippen molar-refractivity contribution in [2.75, 3.05) is 19.6 Å². The third kappa shape index (κ3) is 2.91. The maximum absolute atomic E-state index is 4.28. The first-order chi connectivity index (χ1) is 9.60. The van der Waals surface area contributed by atoms with Gasteiger partial charge in [0.15, 0.2) is 0 Å². The fourth-order valence-electron chi connectivity index (χ4n) is 3.37. The minimum atomic E-state index is 0.313. The van der Waals surface area contributed by atoms with Crippen LogP contribution in [-0.2, 0) is 13.5 Å². The Labute approximate surface area is 122 Å². The fourth-order valence-corrected chi connectivity index (χ4v) is 3.37. The molecule has 2 unspecified atom stereocenters. The molecule has 1 saturated heterocycles. The van der Waals surface area contributed by atoms with Gasteiger partial charge in [0.25, 0.3) is 0 Å². The lowest BCUT2D eigenvalue weighted by Crippen LogP contribution is -2.63. The highest BCUT2D eigenvalue weighted by Crippen LogP contribution is 2.36. The standard InChI is InChI=1S/C16H28N4/c1-4-16(2)12-17-15(14-5-6-14)11-20(16)8-7-13-9-18-19(3)10-13/h9-10,14-15,17H,4-8,11-12H2,1-3H3. The Balaban J connectivity index is 1.62. The fraction of sp³-hybridized carbons (Fsp3) is 0.812. The number of piperazine rings is 1. The van der Waals surface area contributed by atoms with Crippen molar-refractivity contribution >= 4 is 0 Å². The SMILES string of the molecule is CCC1(C)CNC(C2CC2)CN1CCc1cnn(C)c1. The molecule has 0 radical (unpaired) electrons. The number of hydrogen-bond acceptors (Lipinski definition) is 3. The molecule has 1 aliphatic carbocycles. The van der Waals surface area contributed by atoms with Crippen LogP contribution < -0.4 is 5.32 Å². The van der Waals surface area contributed by atoms with Crippen LogP contribution in [0, 0.1) is 5.92 Å². The van der Waals surface area contributed by atoms with Gasteiger partial charge in [-0.1, -0.05) is 6.92 Å². The maximum Gasteiger partial charge on any atom is 0.0522 e. The molecule has 4 heteroatoms. The van der Waals surface area contributed by atoms with Crippen LogP contribution in [0.15, 0.2) is 12.4 Å². The summed E-state index contributed by atoms with van der Waals surface area (Å²) < 4.78 is 1.90. The second kappa shape index (κ2) is 5.49. The van der Waals surface area contributed by atoms with Gasteiger partial charge in [0.2, 0.25) is 0 Å². The van der Waals surface area contributed by atoms with Crippen molar-refractivity contribution in [1.82, 2.24) is 20.0 Å². The Kier molecular flexibility index (Phi) is 3.87.